The SMILES string of the molecule is CCn1c(CSc2ccccc2C)nc2cc(S(=O)(=O)N3CCOCC3)ccc21. The number of aryl methyl sites for hydroxylation is 2. The molecule has 1 aliphatic rings. The average Bonchev–Trinajstić information content (AvgIpc) is 3.10. The van der Waals surface area contributed by atoms with Gasteiger partial charge in [0.15, 0.2) is 0 Å². The van der Waals surface area contributed by atoms with Gasteiger partial charge in [-0.2, -0.15) is 4.31 Å². The van der Waals surface area contributed by atoms with Crippen LogP contribution in [0.2, 0.25) is 0 Å². The Bertz CT molecular complexity index is 1120. The van der Waals surface area contributed by atoms with Gasteiger partial charge >= 0.3 is 0 Å². The van der Waals surface area contributed by atoms with Crippen LogP contribution in [0, 0.1) is 6.92 Å². The Hall–Kier alpha value is -1.87. The topological polar surface area (TPSA) is 64.4 Å². The van der Waals surface area contributed by atoms with Crippen molar-refractivity contribution >= 4 is 32.8 Å². The first-order valence-corrected chi connectivity index (χ1v) is 12.2. The lowest BCUT2D eigenvalue weighted by Crippen LogP contribution is -2.40. The van der Waals surface area contributed by atoms with E-state index < -0.39 is 10.0 Å². The van der Waals surface area contributed by atoms with E-state index in [-0.39, 0.29) is 0 Å². The number of ether oxygens (including phenoxy) is 1. The van der Waals surface area contributed by atoms with Gasteiger partial charge in [0.1, 0.15) is 5.82 Å². The zero-order valence-corrected chi connectivity index (χ0v) is 18.3. The third-order valence-electron chi connectivity index (χ3n) is 5.17. The Balaban J connectivity index is 1.64. The molecule has 0 N–H and O–H groups in total. The molecule has 0 radical (unpaired) electrons. The molecular formula is C21H25N3O3S2. The van der Waals surface area contributed by atoms with E-state index in [9.17, 15) is 8.42 Å². The van der Waals surface area contributed by atoms with Gasteiger partial charge in [-0.15, -0.1) is 11.8 Å². The van der Waals surface area contributed by atoms with Crippen LogP contribution in [-0.4, -0.2) is 48.6 Å². The predicted molar refractivity (Wildman–Crippen MR) is 116 cm³/mol. The summed E-state index contributed by atoms with van der Waals surface area (Å²) in [5, 5.41) is 0. The summed E-state index contributed by atoms with van der Waals surface area (Å²) in [6.07, 6.45) is 0. The lowest BCUT2D eigenvalue weighted by Gasteiger charge is -2.26. The van der Waals surface area contributed by atoms with Crippen LogP contribution in [0.5, 0.6) is 0 Å². The smallest absolute Gasteiger partial charge is 0.243 e. The summed E-state index contributed by atoms with van der Waals surface area (Å²) >= 11 is 1.75. The molecule has 1 fully saturated rings. The van der Waals surface area contributed by atoms with E-state index in [0.717, 1.165) is 29.2 Å². The second kappa shape index (κ2) is 8.47. The van der Waals surface area contributed by atoms with Crippen LogP contribution in [0.15, 0.2) is 52.3 Å². The summed E-state index contributed by atoms with van der Waals surface area (Å²) in [5.41, 5.74) is 2.94. The second-order valence-corrected chi connectivity index (χ2v) is 9.95. The molecule has 0 unspecified atom stereocenters. The highest BCUT2D eigenvalue weighted by molar-refractivity contribution is 7.98. The highest BCUT2D eigenvalue weighted by Crippen LogP contribution is 2.29. The molecule has 0 saturated carbocycles. The van der Waals surface area contributed by atoms with Crippen molar-refractivity contribution in [3.8, 4) is 0 Å². The largest absolute Gasteiger partial charge is 0.379 e. The molecule has 8 heteroatoms. The number of fused-ring (bicyclic) bond motifs is 1. The normalized spacial score (nSPS) is 15.8. The molecule has 0 atom stereocenters. The number of thioether (sulfide) groups is 1. The quantitative estimate of drug-likeness (QED) is 0.557. The van der Waals surface area contributed by atoms with E-state index in [0.29, 0.717) is 31.2 Å². The van der Waals surface area contributed by atoms with Gasteiger partial charge in [0.2, 0.25) is 10.0 Å². The minimum atomic E-state index is -3.53. The van der Waals surface area contributed by atoms with Crippen molar-refractivity contribution in [1.29, 1.82) is 0 Å². The number of morpholine rings is 1. The van der Waals surface area contributed by atoms with Gasteiger partial charge in [-0.1, -0.05) is 18.2 Å². The summed E-state index contributed by atoms with van der Waals surface area (Å²) in [6.45, 7) is 6.63. The Kier molecular flexibility index (Phi) is 5.96. The average molecular weight is 432 g/mol. The molecule has 1 aliphatic heterocycles. The number of hydrogen-bond donors (Lipinski definition) is 0. The van der Waals surface area contributed by atoms with Crippen molar-refractivity contribution < 1.29 is 13.2 Å². The number of benzene rings is 2. The van der Waals surface area contributed by atoms with Gasteiger partial charge in [0.05, 0.1) is 34.9 Å². The minimum Gasteiger partial charge on any atom is -0.379 e. The van der Waals surface area contributed by atoms with Crippen molar-refractivity contribution in [3.63, 3.8) is 0 Å². The lowest BCUT2D eigenvalue weighted by molar-refractivity contribution is 0.0730. The first-order valence-electron chi connectivity index (χ1n) is 9.76. The standard InChI is InChI=1S/C21H25N3O3S2/c1-3-24-19-9-8-17(29(25,26)23-10-12-27-13-11-23)14-18(19)22-21(24)15-28-20-7-5-4-6-16(20)2/h4-9,14H,3,10-13,15H2,1-2H3. The van der Waals surface area contributed by atoms with E-state index >= 15 is 0 Å². The fourth-order valence-electron chi connectivity index (χ4n) is 3.58. The van der Waals surface area contributed by atoms with E-state index in [1.165, 1.54) is 14.8 Å². The molecule has 1 aromatic heterocycles. The van der Waals surface area contributed by atoms with Crippen molar-refractivity contribution in [1.82, 2.24) is 13.9 Å². The van der Waals surface area contributed by atoms with Crippen molar-refractivity contribution in [3.05, 3.63) is 53.9 Å². The summed E-state index contributed by atoms with van der Waals surface area (Å²) in [7, 11) is -3.53. The summed E-state index contributed by atoms with van der Waals surface area (Å²) in [6, 6.07) is 13.6. The maximum Gasteiger partial charge on any atom is 0.243 e. The van der Waals surface area contributed by atoms with Crippen molar-refractivity contribution in [2.45, 2.75) is 35.9 Å². The van der Waals surface area contributed by atoms with Crippen LogP contribution in [0.4, 0.5) is 0 Å². The lowest BCUT2D eigenvalue weighted by atomic mass is 10.2. The zero-order chi connectivity index (χ0) is 20.4. The molecule has 6 nitrogen and oxygen atoms in total. The van der Waals surface area contributed by atoms with E-state index in [1.807, 2.05) is 18.2 Å². The predicted octanol–water partition coefficient (Wildman–Crippen LogP) is 3.68. The van der Waals surface area contributed by atoms with Crippen LogP contribution in [0.3, 0.4) is 0 Å². The van der Waals surface area contributed by atoms with Crippen LogP contribution in [0.25, 0.3) is 11.0 Å². The first-order chi connectivity index (χ1) is 14.0. The van der Waals surface area contributed by atoms with Gasteiger partial charge in [-0.25, -0.2) is 13.4 Å². The van der Waals surface area contributed by atoms with Gasteiger partial charge in [-0.3, -0.25) is 0 Å². The second-order valence-electron chi connectivity index (χ2n) is 6.99. The number of rotatable bonds is 6. The highest BCUT2D eigenvalue weighted by Gasteiger charge is 2.27. The Morgan fingerprint density at radius 1 is 1.14 bits per heavy atom. The van der Waals surface area contributed by atoms with Crippen LogP contribution in [0.1, 0.15) is 18.3 Å². The molecule has 1 saturated heterocycles. The van der Waals surface area contributed by atoms with E-state index in [4.69, 9.17) is 9.72 Å². The number of sulfonamides is 1. The van der Waals surface area contributed by atoms with Gasteiger partial charge in [0, 0.05) is 24.5 Å². The highest BCUT2D eigenvalue weighted by atomic mass is 32.2. The Morgan fingerprint density at radius 2 is 1.90 bits per heavy atom. The summed E-state index contributed by atoms with van der Waals surface area (Å²) < 4.78 is 34.9. The maximum absolute atomic E-state index is 13.0. The van der Waals surface area contributed by atoms with Crippen molar-refractivity contribution in [2.75, 3.05) is 26.3 Å². The number of aromatic nitrogens is 2. The van der Waals surface area contributed by atoms with Gasteiger partial charge < -0.3 is 9.30 Å². The third kappa shape index (κ3) is 4.07. The molecule has 0 aliphatic carbocycles. The zero-order valence-electron chi connectivity index (χ0n) is 16.7. The fourth-order valence-corrected chi connectivity index (χ4v) is 5.98. The van der Waals surface area contributed by atoms with Crippen molar-refractivity contribution in [2.24, 2.45) is 0 Å². The molecular weight excluding hydrogens is 406 g/mol. The molecule has 3 aromatic rings. The van der Waals surface area contributed by atoms with Crippen LogP contribution >= 0.6 is 11.8 Å². The van der Waals surface area contributed by atoms with Gasteiger partial charge in [0.25, 0.3) is 0 Å². The molecule has 0 bridgehead atoms. The first kappa shape index (κ1) is 20.4. The van der Waals surface area contributed by atoms with E-state index in [2.05, 4.69) is 30.5 Å². The van der Waals surface area contributed by atoms with Crippen LogP contribution in [-0.2, 0) is 27.1 Å². The maximum atomic E-state index is 13.0. The molecule has 2 heterocycles. The van der Waals surface area contributed by atoms with E-state index in [1.54, 1.807) is 23.9 Å². The monoisotopic (exact) mass is 431 g/mol. The molecule has 0 amide bonds. The van der Waals surface area contributed by atoms with Gasteiger partial charge in [-0.05, 0) is 43.7 Å². The third-order valence-corrected chi connectivity index (χ3v) is 8.24. The summed E-state index contributed by atoms with van der Waals surface area (Å²) in [5.74, 6) is 1.69. The number of nitrogens with zero attached hydrogens (tertiary/aromatic N) is 3. The van der Waals surface area contributed by atoms with Crippen LogP contribution < -0.4 is 0 Å². The molecule has 4 rings (SSSR count). The number of imidazole rings is 1. The minimum absolute atomic E-state index is 0.297. The fraction of sp³-hybridized carbons (Fsp3) is 0.381. The Morgan fingerprint density at radius 3 is 2.62 bits per heavy atom. The molecule has 154 valence electrons. The summed E-state index contributed by atoms with van der Waals surface area (Å²) in [4.78, 5) is 6.31. The molecule has 0 spiro atoms. The Labute approximate surface area is 175 Å². The number of hydrogen-bond acceptors (Lipinski definition) is 5. The molecule has 2 aromatic carbocycles. The molecule has 29 heavy (non-hydrogen) atoms.